The molecule has 2 aromatic carbocycles. The van der Waals surface area contributed by atoms with Crippen molar-refractivity contribution in [3.05, 3.63) is 65.9 Å². The van der Waals surface area contributed by atoms with E-state index in [-0.39, 0.29) is 5.41 Å². The monoisotopic (exact) mass is 327 g/mol. The maximum atomic E-state index is 8.95. The van der Waals surface area contributed by atoms with Crippen LogP contribution in [0.1, 0.15) is 25.0 Å². The minimum absolute atomic E-state index is 0.119. The van der Waals surface area contributed by atoms with Gasteiger partial charge in [0.1, 0.15) is 11.6 Å². The quantitative estimate of drug-likeness (QED) is 0.571. The number of hydrogen-bond donors (Lipinski definition) is 1. The average molecular weight is 327 g/mol. The molecule has 0 unspecified atom stereocenters. The van der Waals surface area contributed by atoms with E-state index in [1.165, 1.54) is 22.0 Å². The van der Waals surface area contributed by atoms with Crippen LogP contribution in [0, 0.1) is 0 Å². The summed E-state index contributed by atoms with van der Waals surface area (Å²) < 4.78 is 7.41. The third-order valence-corrected chi connectivity index (χ3v) is 5.29. The Morgan fingerprint density at radius 1 is 1.04 bits per heavy atom. The molecule has 4 nitrogen and oxygen atoms in total. The summed E-state index contributed by atoms with van der Waals surface area (Å²) in [4.78, 5) is 4.71. The predicted molar refractivity (Wildman–Crippen MR) is 99.3 cm³/mol. The Morgan fingerprint density at radius 2 is 1.88 bits per heavy atom. The maximum absolute atomic E-state index is 8.95. The van der Waals surface area contributed by atoms with E-state index in [1.54, 1.807) is 0 Å². The molecule has 0 spiro atoms. The van der Waals surface area contributed by atoms with Gasteiger partial charge in [-0.2, -0.15) is 0 Å². The van der Waals surface area contributed by atoms with E-state index in [4.69, 9.17) is 14.7 Å². The molecule has 4 aromatic rings. The lowest BCUT2D eigenvalue weighted by atomic mass is 9.76. The van der Waals surface area contributed by atoms with Crippen LogP contribution in [0.5, 0.6) is 5.75 Å². The van der Waals surface area contributed by atoms with Crippen LogP contribution >= 0.6 is 0 Å². The van der Waals surface area contributed by atoms with Gasteiger partial charge in [0.25, 0.3) is 0 Å². The van der Waals surface area contributed by atoms with Gasteiger partial charge >= 0.3 is 7.69 Å². The zero-order chi connectivity index (χ0) is 17.2. The van der Waals surface area contributed by atoms with E-state index in [0.29, 0.717) is 13.4 Å². The van der Waals surface area contributed by atoms with Gasteiger partial charge in [-0.25, -0.2) is 4.98 Å². The van der Waals surface area contributed by atoms with Crippen LogP contribution in [0.25, 0.3) is 27.6 Å². The van der Waals surface area contributed by atoms with E-state index in [0.717, 1.165) is 16.7 Å². The summed E-state index contributed by atoms with van der Waals surface area (Å²) in [5.41, 5.74) is 4.67. The summed E-state index contributed by atoms with van der Waals surface area (Å²) in [5.74, 6) is 1.59. The lowest BCUT2D eigenvalue weighted by molar-refractivity contribution is 0.454. The molecule has 0 saturated heterocycles. The Labute approximate surface area is 146 Å². The second-order valence-electron chi connectivity index (χ2n) is 6.94. The number of nitrogens with zero attached hydrogens (tertiary/aromatic N) is 2. The highest BCUT2D eigenvalue weighted by atomic mass is 16.5. The van der Waals surface area contributed by atoms with Gasteiger partial charge in [-0.15, -0.1) is 0 Å². The summed E-state index contributed by atoms with van der Waals surface area (Å²) in [6, 6.07) is 16.4. The van der Waals surface area contributed by atoms with Crippen molar-refractivity contribution in [3.63, 3.8) is 0 Å². The van der Waals surface area contributed by atoms with Crippen molar-refractivity contribution in [2.45, 2.75) is 19.3 Å². The largest absolute Gasteiger partial charge is 0.569 e. The van der Waals surface area contributed by atoms with Crippen LogP contribution < -0.4 is 4.65 Å². The second kappa shape index (κ2) is 4.86. The van der Waals surface area contributed by atoms with Crippen molar-refractivity contribution in [2.75, 3.05) is 0 Å². The summed E-state index contributed by atoms with van der Waals surface area (Å²) in [7, 11) is 0.712. The van der Waals surface area contributed by atoms with Gasteiger partial charge in [0.05, 0.1) is 11.0 Å². The molecule has 1 radical (unpaired) electrons. The predicted octanol–water partition coefficient (Wildman–Crippen LogP) is 3.72. The van der Waals surface area contributed by atoms with E-state index in [1.807, 2.05) is 30.5 Å². The molecule has 121 valence electrons. The molecule has 0 bridgehead atoms. The van der Waals surface area contributed by atoms with Crippen molar-refractivity contribution in [3.8, 4) is 11.6 Å². The van der Waals surface area contributed by atoms with Crippen molar-refractivity contribution in [1.29, 1.82) is 0 Å². The Balaban J connectivity index is 2.00. The first kappa shape index (κ1) is 14.5. The minimum atomic E-state index is -0.119. The molecule has 2 aromatic heterocycles. The Hall–Kier alpha value is -2.79. The van der Waals surface area contributed by atoms with Crippen LogP contribution in [0.4, 0.5) is 0 Å². The summed E-state index contributed by atoms with van der Waals surface area (Å²) in [5, 5.41) is 11.2. The molecular formula is C20H16BN2O2. The van der Waals surface area contributed by atoms with Gasteiger partial charge in [-0.05, 0) is 29.8 Å². The number of aromatic nitrogens is 2. The van der Waals surface area contributed by atoms with E-state index in [2.05, 4.69) is 42.7 Å². The maximum Gasteiger partial charge on any atom is 0.569 e. The molecular weight excluding hydrogens is 311 g/mol. The Kier molecular flexibility index (Phi) is 2.83. The lowest BCUT2D eigenvalue weighted by Gasteiger charge is -2.33. The zero-order valence-electron chi connectivity index (χ0n) is 14.0. The number of rotatable bonds is 2. The van der Waals surface area contributed by atoms with Gasteiger partial charge in [-0.1, -0.05) is 38.1 Å². The van der Waals surface area contributed by atoms with Crippen molar-refractivity contribution in [1.82, 2.24) is 9.55 Å². The average Bonchev–Trinajstić information content (AvgIpc) is 2.95. The molecule has 0 amide bonds. The molecule has 25 heavy (non-hydrogen) atoms. The molecule has 1 aliphatic heterocycles. The van der Waals surface area contributed by atoms with E-state index in [9.17, 15) is 0 Å². The summed E-state index contributed by atoms with van der Waals surface area (Å²) in [6.07, 6.45) is 1.85. The molecule has 1 N–H and O–H groups in total. The second-order valence-corrected chi connectivity index (χ2v) is 6.94. The number of pyridine rings is 1. The molecule has 5 heteroatoms. The van der Waals surface area contributed by atoms with Crippen LogP contribution in [-0.2, 0) is 5.41 Å². The van der Waals surface area contributed by atoms with Crippen molar-refractivity contribution < 1.29 is 9.68 Å². The molecule has 0 fully saturated rings. The zero-order valence-corrected chi connectivity index (χ0v) is 14.0. The van der Waals surface area contributed by atoms with E-state index >= 15 is 0 Å². The van der Waals surface area contributed by atoms with Gasteiger partial charge in [-0.3, -0.25) is 4.57 Å². The van der Waals surface area contributed by atoms with Crippen molar-refractivity contribution >= 4 is 29.5 Å². The molecule has 0 aliphatic carbocycles. The standard InChI is InChI=1S/C20H16BN2O2/c1-20(2)15-6-3-5-13-14-11-12(25-21-24)8-9-17(14)23(18(13)15)19-16(20)7-4-10-22-19/h3-11,24H,1-2H3. The van der Waals surface area contributed by atoms with Crippen LogP contribution in [0.2, 0.25) is 0 Å². The van der Waals surface area contributed by atoms with Gasteiger partial charge < -0.3 is 9.68 Å². The topological polar surface area (TPSA) is 47.3 Å². The summed E-state index contributed by atoms with van der Waals surface area (Å²) in [6.45, 7) is 4.50. The third kappa shape index (κ3) is 1.79. The summed E-state index contributed by atoms with van der Waals surface area (Å²) >= 11 is 0. The lowest BCUT2D eigenvalue weighted by Crippen LogP contribution is -2.26. The smallest absolute Gasteiger partial charge is 0.537 e. The molecule has 0 saturated carbocycles. The first-order chi connectivity index (χ1) is 12.1. The highest BCUT2D eigenvalue weighted by Crippen LogP contribution is 2.46. The number of fused-ring (bicyclic) bond motifs is 5. The number of para-hydroxylation sites is 1. The van der Waals surface area contributed by atoms with Crippen molar-refractivity contribution in [2.24, 2.45) is 0 Å². The van der Waals surface area contributed by atoms with Crippen LogP contribution in [0.15, 0.2) is 54.7 Å². The van der Waals surface area contributed by atoms with Crippen LogP contribution in [-0.4, -0.2) is 22.3 Å². The number of hydrogen-bond acceptors (Lipinski definition) is 3. The highest BCUT2D eigenvalue weighted by Gasteiger charge is 2.35. The van der Waals surface area contributed by atoms with Gasteiger partial charge in [0.15, 0.2) is 0 Å². The van der Waals surface area contributed by atoms with Crippen LogP contribution in [0.3, 0.4) is 0 Å². The Morgan fingerprint density at radius 3 is 2.72 bits per heavy atom. The normalized spacial score (nSPS) is 14.5. The fraction of sp³-hybridized carbons (Fsp3) is 0.150. The first-order valence-corrected chi connectivity index (χ1v) is 8.29. The molecule has 0 atom stereocenters. The SMILES string of the molecule is CC1(C)c2cccnc2-n2c3ccc(O[B]O)cc3c3cccc1c32. The highest BCUT2D eigenvalue weighted by molar-refractivity contribution is 6.18. The third-order valence-electron chi connectivity index (χ3n) is 5.29. The van der Waals surface area contributed by atoms with Gasteiger partial charge in [0, 0.05) is 27.9 Å². The fourth-order valence-electron chi connectivity index (χ4n) is 4.11. The van der Waals surface area contributed by atoms with E-state index < -0.39 is 0 Å². The molecule has 5 rings (SSSR count). The Bertz CT molecular complexity index is 1150. The first-order valence-electron chi connectivity index (χ1n) is 8.29. The minimum Gasteiger partial charge on any atom is -0.537 e. The molecule has 3 heterocycles. The molecule has 1 aliphatic rings. The number of benzene rings is 2. The van der Waals surface area contributed by atoms with Gasteiger partial charge in [0.2, 0.25) is 0 Å². The fourth-order valence-corrected chi connectivity index (χ4v) is 4.11.